The van der Waals surface area contributed by atoms with Crippen molar-refractivity contribution < 1.29 is 32.3 Å². The first-order valence-electron chi connectivity index (χ1n) is 17.3. The number of hydroxylamine groups is 4. The molecule has 0 amide bonds. The number of nitrogens with zero attached hydrogens (tertiary/aromatic N) is 2. The van der Waals surface area contributed by atoms with Gasteiger partial charge in [0, 0.05) is 11.1 Å². The summed E-state index contributed by atoms with van der Waals surface area (Å²) in [5.74, 6) is -0.737. The lowest BCUT2D eigenvalue weighted by atomic mass is 9.94. The van der Waals surface area contributed by atoms with Crippen LogP contribution in [-0.4, -0.2) is 59.2 Å². The fourth-order valence-electron chi connectivity index (χ4n) is 5.35. The van der Waals surface area contributed by atoms with Crippen LogP contribution in [0.15, 0.2) is 24.3 Å². The van der Waals surface area contributed by atoms with Gasteiger partial charge in [-0.15, -0.1) is 0 Å². The van der Waals surface area contributed by atoms with E-state index in [0.29, 0.717) is 13.2 Å². The molecule has 0 spiro atoms. The van der Waals surface area contributed by atoms with Crippen LogP contribution < -0.4 is 0 Å². The van der Waals surface area contributed by atoms with E-state index in [2.05, 4.69) is 98.6 Å². The van der Waals surface area contributed by atoms with Crippen molar-refractivity contribution in [3.05, 3.63) is 35.4 Å². The van der Waals surface area contributed by atoms with Gasteiger partial charge >= 0.3 is 7.60 Å². The van der Waals surface area contributed by atoms with E-state index in [0.717, 1.165) is 11.1 Å². The molecule has 0 saturated heterocycles. The molecular formula is C36H70N2O7P2. The van der Waals surface area contributed by atoms with Gasteiger partial charge in [0.1, 0.15) is 23.8 Å². The van der Waals surface area contributed by atoms with E-state index in [1.807, 2.05) is 60.5 Å². The first kappa shape index (κ1) is 44.6. The lowest BCUT2D eigenvalue weighted by molar-refractivity contribution is -0.265. The number of rotatable bonds is 18. The van der Waals surface area contributed by atoms with Crippen LogP contribution in [0.25, 0.3) is 0 Å². The van der Waals surface area contributed by atoms with Crippen LogP contribution in [0.1, 0.15) is 148 Å². The van der Waals surface area contributed by atoms with Gasteiger partial charge in [0.25, 0.3) is 0 Å². The molecule has 1 aromatic rings. The summed E-state index contributed by atoms with van der Waals surface area (Å²) in [4.78, 5) is 13.5. The smallest absolute Gasteiger partial charge is 0.333 e. The Morgan fingerprint density at radius 1 is 0.617 bits per heavy atom. The van der Waals surface area contributed by atoms with Crippen molar-refractivity contribution in [2.75, 3.05) is 26.4 Å². The molecule has 0 N–H and O–H groups in total. The first-order valence-corrected chi connectivity index (χ1v) is 20.2. The highest BCUT2D eigenvalue weighted by atomic mass is 31.2. The summed E-state index contributed by atoms with van der Waals surface area (Å²) in [6.07, 6.45) is -0.567. The van der Waals surface area contributed by atoms with Crippen molar-refractivity contribution in [1.82, 2.24) is 10.1 Å². The molecule has 0 radical (unpaired) electrons. The quantitative estimate of drug-likeness (QED) is 0.110. The van der Waals surface area contributed by atoms with E-state index in [1.165, 1.54) is 0 Å². The Hall–Kier alpha value is -0.440. The Morgan fingerprint density at radius 2 is 0.979 bits per heavy atom. The molecule has 0 saturated carbocycles. The van der Waals surface area contributed by atoms with Crippen molar-refractivity contribution in [1.29, 1.82) is 0 Å². The molecule has 0 fully saturated rings. The van der Waals surface area contributed by atoms with Crippen molar-refractivity contribution >= 4 is 16.0 Å². The van der Waals surface area contributed by atoms with Crippen LogP contribution in [0, 0.1) is 10.8 Å². The van der Waals surface area contributed by atoms with Crippen molar-refractivity contribution in [3.8, 4) is 0 Å². The van der Waals surface area contributed by atoms with Gasteiger partial charge < -0.3 is 18.1 Å². The monoisotopic (exact) mass is 704 g/mol. The maximum Gasteiger partial charge on any atom is 0.350 e. The molecule has 0 aliphatic rings. The minimum absolute atomic E-state index is 0.101. The lowest BCUT2D eigenvalue weighted by Crippen LogP contribution is -2.53. The lowest BCUT2D eigenvalue weighted by Gasteiger charge is -2.48. The molecule has 47 heavy (non-hydrogen) atoms. The number of hydrogen-bond donors (Lipinski definition) is 0. The highest BCUT2D eigenvalue weighted by Gasteiger charge is 2.52. The predicted molar refractivity (Wildman–Crippen MR) is 196 cm³/mol. The second kappa shape index (κ2) is 18.2. The van der Waals surface area contributed by atoms with Gasteiger partial charge in [0.05, 0.1) is 26.4 Å². The van der Waals surface area contributed by atoms with Crippen LogP contribution in [0.5, 0.6) is 0 Å². The van der Waals surface area contributed by atoms with Gasteiger partial charge in [0.15, 0.2) is 8.38 Å². The molecule has 11 heteroatoms. The van der Waals surface area contributed by atoms with Crippen LogP contribution in [-0.2, 0) is 32.3 Å². The first-order chi connectivity index (χ1) is 21.4. The standard InChI is InChI=1S/C36H70N2O7P2/c1-19-40-46(41-20-2)31(33(7,8)9)37(35(13,14)15)44-27(5)29-23-25-30(26-24-29)28(6)45-38(36(16,17)18)32(34(10,11)12)47(39,42-21-3)43-22-4/h23-28,31-32H,19-22H2,1-18H3. The predicted octanol–water partition coefficient (Wildman–Crippen LogP) is 11.3. The summed E-state index contributed by atoms with van der Waals surface area (Å²) in [5.41, 5.74) is 0.571. The molecule has 0 aliphatic carbocycles. The Kier molecular flexibility index (Phi) is 17.2. The maximum atomic E-state index is 14.3. The van der Waals surface area contributed by atoms with E-state index in [4.69, 9.17) is 27.8 Å². The Morgan fingerprint density at radius 3 is 1.26 bits per heavy atom. The highest BCUT2D eigenvalue weighted by Crippen LogP contribution is 2.61. The third-order valence-electron chi connectivity index (χ3n) is 7.36. The molecule has 1 aromatic carbocycles. The molecule has 276 valence electrons. The second-order valence-electron chi connectivity index (χ2n) is 16.1. The normalized spacial score (nSPS) is 16.6. The maximum absolute atomic E-state index is 14.3. The zero-order chi connectivity index (χ0) is 36.6. The Labute approximate surface area is 290 Å². The third-order valence-corrected chi connectivity index (χ3v) is 12.6. The number of benzene rings is 1. The van der Waals surface area contributed by atoms with Gasteiger partial charge in [-0.25, -0.2) is 0 Å². The van der Waals surface area contributed by atoms with E-state index < -0.39 is 32.7 Å². The average Bonchev–Trinajstić information content (AvgIpc) is 2.90. The third kappa shape index (κ3) is 13.0. The van der Waals surface area contributed by atoms with Crippen molar-refractivity contribution in [2.24, 2.45) is 10.8 Å². The molecule has 0 bridgehead atoms. The molecule has 0 heterocycles. The minimum Gasteiger partial charge on any atom is -0.333 e. The Bertz CT molecular complexity index is 1080. The van der Waals surface area contributed by atoms with Crippen LogP contribution >= 0.6 is 16.0 Å². The van der Waals surface area contributed by atoms with Gasteiger partial charge in [-0.1, -0.05) is 65.8 Å². The van der Waals surface area contributed by atoms with Crippen LogP contribution in [0.3, 0.4) is 0 Å². The molecular weight excluding hydrogens is 634 g/mol. The summed E-state index contributed by atoms with van der Waals surface area (Å²) in [6, 6.07) is 8.34. The summed E-state index contributed by atoms with van der Waals surface area (Å²) in [6.45, 7) is 38.9. The molecule has 1 rings (SSSR count). The molecule has 9 nitrogen and oxygen atoms in total. The number of hydrogen-bond acceptors (Lipinski definition) is 9. The zero-order valence-corrected chi connectivity index (χ0v) is 34.9. The largest absolute Gasteiger partial charge is 0.350 e. The molecule has 4 atom stereocenters. The zero-order valence-electron chi connectivity index (χ0n) is 33.1. The van der Waals surface area contributed by atoms with E-state index in [9.17, 15) is 4.57 Å². The van der Waals surface area contributed by atoms with Gasteiger partial charge in [-0.05, 0) is 105 Å². The van der Waals surface area contributed by atoms with E-state index in [1.54, 1.807) is 0 Å². The molecule has 0 aromatic heterocycles. The fraction of sp³-hybridized carbons (Fsp3) is 0.833. The Balaban J connectivity index is 3.44. The highest BCUT2D eigenvalue weighted by molar-refractivity contribution is 7.54. The fourth-order valence-corrected chi connectivity index (χ4v) is 10.1. The van der Waals surface area contributed by atoms with Gasteiger partial charge in [-0.2, -0.15) is 10.1 Å². The second-order valence-corrected chi connectivity index (χ2v) is 19.8. The van der Waals surface area contributed by atoms with Crippen LogP contribution in [0.2, 0.25) is 0 Å². The van der Waals surface area contributed by atoms with Crippen molar-refractivity contribution in [2.45, 2.75) is 159 Å². The average molecular weight is 705 g/mol. The molecule has 4 unspecified atom stereocenters. The summed E-state index contributed by atoms with van der Waals surface area (Å²) < 4.78 is 38.4. The van der Waals surface area contributed by atoms with E-state index in [-0.39, 0.29) is 42.2 Å². The molecule has 0 aliphatic heterocycles. The summed E-state index contributed by atoms with van der Waals surface area (Å²) in [7, 11) is -4.81. The van der Waals surface area contributed by atoms with Crippen molar-refractivity contribution in [3.63, 3.8) is 0 Å². The SMILES string of the molecule is CCOP(OCC)C(N(OC(C)c1ccc(C(C)ON(C(C(C)(C)C)P(=O)(OCC)OCC)C(C)(C)C)cc1)C(C)(C)C)C(C)(C)C. The van der Waals surface area contributed by atoms with E-state index >= 15 is 0 Å². The topological polar surface area (TPSA) is 78.9 Å². The van der Waals surface area contributed by atoms with Gasteiger partial charge in [-0.3, -0.25) is 14.2 Å². The summed E-state index contributed by atoms with van der Waals surface area (Å²) >= 11 is 0. The summed E-state index contributed by atoms with van der Waals surface area (Å²) in [5, 5.41) is 3.93. The van der Waals surface area contributed by atoms with Gasteiger partial charge in [0.2, 0.25) is 0 Å². The van der Waals surface area contributed by atoms with Crippen LogP contribution in [0.4, 0.5) is 0 Å². The minimum atomic E-state index is -3.57.